The molecule has 3 heterocycles. The van der Waals surface area contributed by atoms with Crippen LogP contribution in [0.25, 0.3) is 22.6 Å². The monoisotopic (exact) mass is 605 g/mol. The second-order valence-electron chi connectivity index (χ2n) is 9.39. The minimum Gasteiger partial charge on any atom is -0.457 e. The number of nitrogens with one attached hydrogen (secondary N) is 2. The van der Waals surface area contributed by atoms with Crippen molar-refractivity contribution in [3.05, 3.63) is 71.7 Å². The van der Waals surface area contributed by atoms with Crippen molar-refractivity contribution in [2.75, 3.05) is 6.54 Å². The van der Waals surface area contributed by atoms with E-state index in [-0.39, 0.29) is 29.6 Å². The van der Waals surface area contributed by atoms with Gasteiger partial charge in [-0.15, -0.1) is 0 Å². The van der Waals surface area contributed by atoms with E-state index in [0.29, 0.717) is 34.4 Å². The molecule has 2 N–H and O–H groups in total. The first-order valence-corrected chi connectivity index (χ1v) is 12.6. The zero-order chi connectivity index (χ0) is 31.5. The number of ether oxygens (including phenoxy) is 1. The van der Waals surface area contributed by atoms with E-state index >= 15 is 0 Å². The van der Waals surface area contributed by atoms with E-state index in [0.717, 1.165) is 6.92 Å². The van der Waals surface area contributed by atoms with Crippen LogP contribution in [0.15, 0.2) is 71.0 Å². The van der Waals surface area contributed by atoms with Crippen LogP contribution < -0.4 is 10.1 Å². The summed E-state index contributed by atoms with van der Waals surface area (Å²) in [4.78, 5) is 30.1. The fraction of sp³-hybridized carbons (Fsp3) is 0.250. The number of H-pyrrole nitrogens is 1. The Hall–Kier alpha value is -4.95. The first-order chi connectivity index (χ1) is 20.1. The predicted molar refractivity (Wildman–Crippen MR) is 147 cm³/mol. The number of aromatic nitrogens is 5. The van der Waals surface area contributed by atoms with Crippen molar-refractivity contribution in [2.24, 2.45) is 12.0 Å². The van der Waals surface area contributed by atoms with Gasteiger partial charge in [-0.3, -0.25) is 9.78 Å². The number of imidazole rings is 2. The molecule has 0 aliphatic rings. The van der Waals surface area contributed by atoms with Gasteiger partial charge in [-0.05, 0) is 43.7 Å². The van der Waals surface area contributed by atoms with Gasteiger partial charge in [-0.1, -0.05) is 6.08 Å². The quantitative estimate of drug-likeness (QED) is 0.130. The molecule has 1 aromatic carbocycles. The summed E-state index contributed by atoms with van der Waals surface area (Å²) in [6, 6.07) is 7.99. The number of nitrogens with zero attached hydrogens (tertiary/aromatic N) is 5. The van der Waals surface area contributed by atoms with Gasteiger partial charge in [-0.2, -0.15) is 26.3 Å². The number of rotatable bonds is 8. The number of alkyl halides is 6. The van der Waals surface area contributed by atoms with Crippen molar-refractivity contribution in [2.45, 2.75) is 33.1 Å². The molecule has 15 heteroatoms. The van der Waals surface area contributed by atoms with Gasteiger partial charge in [0.05, 0.1) is 17.2 Å². The number of aryl methyl sites for hydroxylation is 1. The number of carbonyl (C=O) groups is 1. The zero-order valence-corrected chi connectivity index (χ0v) is 23.2. The van der Waals surface area contributed by atoms with Crippen molar-refractivity contribution >= 4 is 28.6 Å². The summed E-state index contributed by atoms with van der Waals surface area (Å²) in [5.41, 5.74) is -0.252. The Morgan fingerprint density at radius 1 is 1.05 bits per heavy atom. The number of benzene rings is 1. The Balaban J connectivity index is 1.55. The average Bonchev–Trinajstić information content (AvgIpc) is 3.53. The number of aromatic amines is 1. The van der Waals surface area contributed by atoms with Crippen molar-refractivity contribution in [1.29, 1.82) is 0 Å². The topological polar surface area (TPSA) is 110 Å². The van der Waals surface area contributed by atoms with Gasteiger partial charge in [0.25, 0.3) is 0 Å². The maximum absolute atomic E-state index is 13.3. The Bertz CT molecular complexity index is 1750. The maximum Gasteiger partial charge on any atom is 0.432 e. The highest BCUT2D eigenvalue weighted by Crippen LogP contribution is 2.32. The molecule has 0 unspecified atom stereocenters. The number of fused-ring (bicyclic) bond motifs is 1. The molecule has 0 saturated heterocycles. The van der Waals surface area contributed by atoms with Crippen LogP contribution in [0.1, 0.15) is 26.5 Å². The molecule has 0 saturated carbocycles. The van der Waals surface area contributed by atoms with E-state index in [2.05, 4.69) is 30.2 Å². The van der Waals surface area contributed by atoms with Gasteiger partial charge in [0.15, 0.2) is 5.82 Å². The number of pyridine rings is 1. The largest absolute Gasteiger partial charge is 0.457 e. The molecule has 9 nitrogen and oxygen atoms in total. The second-order valence-corrected chi connectivity index (χ2v) is 9.39. The van der Waals surface area contributed by atoms with Crippen LogP contribution in [0, 0.1) is 0 Å². The first kappa shape index (κ1) is 31.0. The molecule has 4 aromatic rings. The molecule has 1 amide bonds. The summed E-state index contributed by atoms with van der Waals surface area (Å²) < 4.78 is 86.1. The lowest BCUT2D eigenvalue weighted by atomic mass is 10.1. The molecular weight excluding hydrogens is 580 g/mol. The van der Waals surface area contributed by atoms with Crippen LogP contribution in [0.2, 0.25) is 0 Å². The Kier molecular flexibility index (Phi) is 8.73. The first-order valence-electron chi connectivity index (χ1n) is 12.6. The lowest BCUT2D eigenvalue weighted by Crippen LogP contribution is -2.24. The minimum atomic E-state index is -4.57. The number of amides is 1. The smallest absolute Gasteiger partial charge is 0.432 e. The standard InChI is InChI=1S/C28H25F6N7O2/c1-15(5-6-18(13-36-17(3)42)16(2)27(29,30)31)38-26-39-21-11-19(7-8-23(21)41(26)4)43-20-9-10-35-22(12-20)25-37-14-24(40-25)28(32,33)34/h5-12,14H,13H2,1-4H3,(H,36,42)(H,37,40)/b6-5-,18-16?,38-15?. The minimum absolute atomic E-state index is 0.0730. The third-order valence-electron chi connectivity index (χ3n) is 6.16. The van der Waals surface area contributed by atoms with Crippen LogP contribution in [0.5, 0.6) is 11.5 Å². The van der Waals surface area contributed by atoms with Crippen LogP contribution in [0.4, 0.5) is 32.3 Å². The predicted octanol–water partition coefficient (Wildman–Crippen LogP) is 6.83. The summed E-state index contributed by atoms with van der Waals surface area (Å²) in [6.45, 7) is 3.45. The lowest BCUT2D eigenvalue weighted by Gasteiger charge is -2.12. The molecule has 0 radical (unpaired) electrons. The maximum atomic E-state index is 13.3. The fourth-order valence-corrected chi connectivity index (χ4v) is 3.80. The van der Waals surface area contributed by atoms with Gasteiger partial charge in [-0.25, -0.2) is 15.0 Å². The number of hydrogen-bond donors (Lipinski definition) is 2. The molecule has 0 fully saturated rings. The summed E-state index contributed by atoms with van der Waals surface area (Å²) in [5.74, 6) is 0.410. The second kappa shape index (κ2) is 12.1. The molecule has 0 spiro atoms. The Morgan fingerprint density at radius 3 is 2.42 bits per heavy atom. The van der Waals surface area contributed by atoms with Gasteiger partial charge < -0.3 is 19.6 Å². The Morgan fingerprint density at radius 2 is 1.77 bits per heavy atom. The van der Waals surface area contributed by atoms with Crippen LogP contribution >= 0.6 is 0 Å². The van der Waals surface area contributed by atoms with Gasteiger partial charge in [0.2, 0.25) is 11.9 Å². The molecule has 4 rings (SSSR count). The van der Waals surface area contributed by atoms with Gasteiger partial charge >= 0.3 is 12.4 Å². The lowest BCUT2D eigenvalue weighted by molar-refractivity contribution is -0.140. The number of hydrogen-bond acceptors (Lipinski definition) is 6. The SMILES string of the molecule is CC(=O)NCC(/C=C\C(C)=Nc1nc2cc(Oc3ccnc(-c4ncc(C(F)(F)F)[nH]4)c3)ccc2n1C)=C(C)C(F)(F)F. The molecule has 43 heavy (non-hydrogen) atoms. The van der Waals surface area contributed by atoms with Crippen LogP contribution in [-0.4, -0.2) is 48.8 Å². The van der Waals surface area contributed by atoms with E-state index in [9.17, 15) is 31.1 Å². The van der Waals surface area contributed by atoms with Crippen molar-refractivity contribution in [3.8, 4) is 23.0 Å². The number of aliphatic imine (C=N–C) groups is 1. The number of carbonyl (C=O) groups excluding carboxylic acids is 1. The third kappa shape index (κ3) is 7.67. The van der Waals surface area contributed by atoms with Crippen molar-refractivity contribution < 1.29 is 35.9 Å². The summed E-state index contributed by atoms with van der Waals surface area (Å²) in [7, 11) is 1.72. The molecule has 226 valence electrons. The van der Waals surface area contributed by atoms with E-state index in [1.54, 1.807) is 36.7 Å². The van der Waals surface area contributed by atoms with Gasteiger partial charge in [0, 0.05) is 50.1 Å². The van der Waals surface area contributed by atoms with E-state index in [4.69, 9.17) is 4.74 Å². The molecule has 3 aromatic heterocycles. The van der Waals surface area contributed by atoms with Crippen LogP contribution in [-0.2, 0) is 18.0 Å². The molecule has 0 aliphatic heterocycles. The number of allylic oxidation sites excluding steroid dienone is 2. The summed E-state index contributed by atoms with van der Waals surface area (Å²) >= 11 is 0. The molecule has 0 atom stereocenters. The normalized spacial score (nSPS) is 13.5. The van der Waals surface area contributed by atoms with Crippen molar-refractivity contribution in [3.63, 3.8) is 0 Å². The van der Waals surface area contributed by atoms with E-state index in [1.165, 1.54) is 37.4 Å². The fourth-order valence-electron chi connectivity index (χ4n) is 3.80. The van der Waals surface area contributed by atoms with Gasteiger partial charge in [0.1, 0.15) is 22.9 Å². The number of halogens is 6. The summed E-state index contributed by atoms with van der Waals surface area (Å²) in [5, 5.41) is 2.37. The Labute approximate surface area is 241 Å². The highest BCUT2D eigenvalue weighted by atomic mass is 19.4. The molecular formula is C28H25F6N7O2. The highest BCUT2D eigenvalue weighted by Gasteiger charge is 2.33. The zero-order valence-electron chi connectivity index (χ0n) is 23.2. The molecule has 0 bridgehead atoms. The third-order valence-corrected chi connectivity index (χ3v) is 6.16. The van der Waals surface area contributed by atoms with Crippen molar-refractivity contribution in [1.82, 2.24) is 29.8 Å². The highest BCUT2D eigenvalue weighted by molar-refractivity contribution is 5.95. The molecule has 0 aliphatic carbocycles. The summed E-state index contributed by atoms with van der Waals surface area (Å²) in [6.07, 6.45) is -4.43. The average molecular weight is 606 g/mol. The van der Waals surface area contributed by atoms with E-state index in [1.807, 2.05) is 0 Å². The van der Waals surface area contributed by atoms with Crippen LogP contribution in [0.3, 0.4) is 0 Å². The van der Waals surface area contributed by atoms with E-state index < -0.39 is 29.5 Å².